The second-order valence-corrected chi connectivity index (χ2v) is 7.12. The van der Waals surface area contributed by atoms with E-state index in [0.717, 1.165) is 16.1 Å². The molecule has 2 aromatic heterocycles. The lowest BCUT2D eigenvalue weighted by Crippen LogP contribution is -2.26. The summed E-state index contributed by atoms with van der Waals surface area (Å²) in [7, 11) is 0. The lowest BCUT2D eigenvalue weighted by Gasteiger charge is -2.24. The van der Waals surface area contributed by atoms with Crippen LogP contribution in [0.25, 0.3) is 0 Å². The van der Waals surface area contributed by atoms with Gasteiger partial charge in [-0.1, -0.05) is 24.3 Å². The molecule has 1 aromatic carbocycles. The van der Waals surface area contributed by atoms with Gasteiger partial charge in [-0.15, -0.1) is 11.3 Å². The number of anilines is 1. The standard InChI is InChI=1S/C18H16N4O3S/c23-16-9-13(12-5-1-2-6-14(12)19-16)18-20-15(8-11-4-3-7-26-11)21-22(18)10-17(24)25/h1-7,13H,8-10H2,(H,19,23)(H,24,25)/t13-/m0/s1. The highest BCUT2D eigenvalue weighted by Gasteiger charge is 2.31. The average Bonchev–Trinajstić information content (AvgIpc) is 3.24. The fourth-order valence-electron chi connectivity index (χ4n) is 3.19. The van der Waals surface area contributed by atoms with Crippen LogP contribution in [0, 0.1) is 0 Å². The van der Waals surface area contributed by atoms with Crippen LogP contribution in [0.4, 0.5) is 5.69 Å². The van der Waals surface area contributed by atoms with E-state index in [9.17, 15) is 14.7 Å². The molecule has 0 bridgehead atoms. The molecule has 0 fully saturated rings. The summed E-state index contributed by atoms with van der Waals surface area (Å²) < 4.78 is 1.41. The molecule has 0 saturated carbocycles. The van der Waals surface area contributed by atoms with Gasteiger partial charge in [0.25, 0.3) is 0 Å². The number of aliphatic carboxylic acids is 1. The first-order valence-corrected chi connectivity index (χ1v) is 9.04. The Morgan fingerprint density at radius 3 is 2.92 bits per heavy atom. The maximum Gasteiger partial charge on any atom is 0.325 e. The number of carbonyl (C=O) groups is 2. The quantitative estimate of drug-likeness (QED) is 0.721. The smallest absolute Gasteiger partial charge is 0.325 e. The van der Waals surface area contributed by atoms with Crippen LogP contribution < -0.4 is 5.32 Å². The molecule has 7 nitrogen and oxygen atoms in total. The maximum absolute atomic E-state index is 12.1. The molecular weight excluding hydrogens is 352 g/mol. The van der Waals surface area contributed by atoms with Crippen molar-refractivity contribution in [1.29, 1.82) is 0 Å². The Kier molecular flexibility index (Phi) is 4.26. The van der Waals surface area contributed by atoms with E-state index in [4.69, 9.17) is 0 Å². The molecule has 2 N–H and O–H groups in total. The largest absolute Gasteiger partial charge is 0.480 e. The Bertz CT molecular complexity index is 965. The monoisotopic (exact) mass is 368 g/mol. The zero-order valence-electron chi connectivity index (χ0n) is 13.8. The SMILES string of the molecule is O=C(O)Cn1nc(Cc2cccs2)nc1[C@H]1CC(=O)Nc2ccccc21. The summed E-state index contributed by atoms with van der Waals surface area (Å²) in [5, 5.41) is 18.5. The number of benzene rings is 1. The van der Waals surface area contributed by atoms with Crippen molar-refractivity contribution in [3.63, 3.8) is 0 Å². The first-order valence-electron chi connectivity index (χ1n) is 8.16. The number of rotatable bonds is 5. The molecule has 1 aliphatic rings. The normalized spacial score (nSPS) is 16.2. The van der Waals surface area contributed by atoms with Crippen LogP contribution in [-0.2, 0) is 22.6 Å². The molecular formula is C18H16N4O3S. The zero-order valence-corrected chi connectivity index (χ0v) is 14.6. The number of nitrogens with one attached hydrogen (secondary N) is 1. The number of hydrogen-bond acceptors (Lipinski definition) is 5. The minimum absolute atomic E-state index is 0.113. The summed E-state index contributed by atoms with van der Waals surface area (Å²) in [4.78, 5) is 29.1. The Hall–Kier alpha value is -3.00. The third-order valence-corrected chi connectivity index (χ3v) is 5.13. The first kappa shape index (κ1) is 16.5. The number of carboxylic acids is 1. The van der Waals surface area contributed by atoms with Gasteiger partial charge in [-0.05, 0) is 23.1 Å². The third-order valence-electron chi connectivity index (χ3n) is 4.25. The minimum Gasteiger partial charge on any atom is -0.480 e. The Labute approximate surface area is 153 Å². The van der Waals surface area contributed by atoms with Gasteiger partial charge in [-0.2, -0.15) is 5.10 Å². The highest BCUT2D eigenvalue weighted by molar-refractivity contribution is 7.09. The second-order valence-electron chi connectivity index (χ2n) is 6.09. The van der Waals surface area contributed by atoms with Crippen LogP contribution in [0.5, 0.6) is 0 Å². The van der Waals surface area contributed by atoms with Gasteiger partial charge in [-0.3, -0.25) is 9.59 Å². The molecule has 1 aliphatic heterocycles. The minimum atomic E-state index is -0.993. The van der Waals surface area contributed by atoms with Gasteiger partial charge in [0, 0.05) is 23.4 Å². The van der Waals surface area contributed by atoms with E-state index in [0.29, 0.717) is 18.1 Å². The summed E-state index contributed by atoms with van der Waals surface area (Å²) in [6, 6.07) is 11.5. The summed E-state index contributed by atoms with van der Waals surface area (Å²) in [5.41, 5.74) is 1.66. The molecule has 1 amide bonds. The van der Waals surface area contributed by atoms with Crippen LogP contribution in [0.1, 0.15) is 34.4 Å². The number of para-hydroxylation sites is 1. The second kappa shape index (κ2) is 6.72. The van der Waals surface area contributed by atoms with E-state index in [2.05, 4.69) is 15.4 Å². The Morgan fingerprint density at radius 1 is 1.31 bits per heavy atom. The number of thiophene rings is 1. The molecule has 1 atom stereocenters. The highest BCUT2D eigenvalue weighted by atomic mass is 32.1. The molecule has 0 saturated heterocycles. The van der Waals surface area contributed by atoms with Gasteiger partial charge in [0.15, 0.2) is 5.82 Å². The van der Waals surface area contributed by atoms with Crippen LogP contribution in [-0.4, -0.2) is 31.7 Å². The molecule has 3 heterocycles. The lowest BCUT2D eigenvalue weighted by molar-refractivity contribution is -0.137. The maximum atomic E-state index is 12.1. The van der Waals surface area contributed by atoms with Gasteiger partial charge in [0.2, 0.25) is 5.91 Å². The molecule has 3 aromatic rings. The van der Waals surface area contributed by atoms with E-state index in [1.165, 1.54) is 4.68 Å². The van der Waals surface area contributed by atoms with Crippen molar-refractivity contribution < 1.29 is 14.7 Å². The molecule has 26 heavy (non-hydrogen) atoms. The van der Waals surface area contributed by atoms with Crippen molar-refractivity contribution in [1.82, 2.24) is 14.8 Å². The van der Waals surface area contributed by atoms with E-state index < -0.39 is 5.97 Å². The molecule has 0 aliphatic carbocycles. The van der Waals surface area contributed by atoms with Crippen LogP contribution in [0.2, 0.25) is 0 Å². The number of amides is 1. The highest BCUT2D eigenvalue weighted by Crippen LogP contribution is 2.36. The number of hydrogen-bond donors (Lipinski definition) is 2. The summed E-state index contributed by atoms with van der Waals surface area (Å²) in [6.45, 7) is -0.285. The summed E-state index contributed by atoms with van der Waals surface area (Å²) in [6.07, 6.45) is 0.756. The van der Waals surface area contributed by atoms with E-state index >= 15 is 0 Å². The summed E-state index contributed by atoms with van der Waals surface area (Å²) >= 11 is 1.60. The topological polar surface area (TPSA) is 97.1 Å². The van der Waals surface area contributed by atoms with Gasteiger partial charge >= 0.3 is 5.97 Å². The summed E-state index contributed by atoms with van der Waals surface area (Å²) in [5.74, 6) is -0.344. The molecule has 0 spiro atoms. The molecule has 0 radical (unpaired) electrons. The number of carbonyl (C=O) groups excluding carboxylic acids is 1. The average molecular weight is 368 g/mol. The number of aromatic nitrogens is 3. The molecule has 4 rings (SSSR count). The molecule has 0 unspecified atom stereocenters. The van der Waals surface area contributed by atoms with E-state index in [1.54, 1.807) is 11.3 Å². The van der Waals surface area contributed by atoms with Crippen molar-refractivity contribution in [3.8, 4) is 0 Å². The number of nitrogens with zero attached hydrogens (tertiary/aromatic N) is 3. The number of carboxylic acid groups (broad SMARTS) is 1. The van der Waals surface area contributed by atoms with Crippen LogP contribution in [0.15, 0.2) is 41.8 Å². The molecule has 132 valence electrons. The van der Waals surface area contributed by atoms with Crippen LogP contribution in [0.3, 0.4) is 0 Å². The van der Waals surface area contributed by atoms with Crippen LogP contribution >= 0.6 is 11.3 Å². The molecule has 8 heteroatoms. The zero-order chi connectivity index (χ0) is 18.1. The van der Waals surface area contributed by atoms with E-state index in [1.807, 2.05) is 41.8 Å². The van der Waals surface area contributed by atoms with Crippen molar-refractivity contribution in [3.05, 3.63) is 63.9 Å². The van der Waals surface area contributed by atoms with Gasteiger partial charge < -0.3 is 10.4 Å². The van der Waals surface area contributed by atoms with Crippen molar-refractivity contribution in [2.75, 3.05) is 5.32 Å². The van der Waals surface area contributed by atoms with Gasteiger partial charge in [-0.25, -0.2) is 9.67 Å². The van der Waals surface area contributed by atoms with Crippen molar-refractivity contribution in [2.24, 2.45) is 0 Å². The van der Waals surface area contributed by atoms with Gasteiger partial charge in [0.1, 0.15) is 12.4 Å². The third kappa shape index (κ3) is 3.23. The predicted octanol–water partition coefficient (Wildman–Crippen LogP) is 2.49. The fourth-order valence-corrected chi connectivity index (χ4v) is 3.89. The van der Waals surface area contributed by atoms with Crippen molar-refractivity contribution >= 4 is 28.9 Å². The van der Waals surface area contributed by atoms with E-state index in [-0.39, 0.29) is 24.8 Å². The Balaban J connectivity index is 1.76. The van der Waals surface area contributed by atoms with Crippen molar-refractivity contribution in [2.45, 2.75) is 25.3 Å². The first-order chi connectivity index (χ1) is 12.6. The van der Waals surface area contributed by atoms with Gasteiger partial charge in [0.05, 0.1) is 5.92 Å². The fraction of sp³-hybridized carbons (Fsp3) is 0.222. The predicted molar refractivity (Wildman–Crippen MR) is 96.3 cm³/mol. The number of fused-ring (bicyclic) bond motifs is 1. The Morgan fingerprint density at radius 2 is 2.15 bits per heavy atom. The lowest BCUT2D eigenvalue weighted by atomic mass is 9.90.